The monoisotopic (exact) mass is 149 g/mol. The molecule has 1 aromatic heterocycles. The molecular formula is C8H7NS. The summed E-state index contributed by atoms with van der Waals surface area (Å²) < 4.78 is 0. The lowest BCUT2D eigenvalue weighted by atomic mass is 10.1. The molecule has 1 heterocycles. The van der Waals surface area contributed by atoms with Gasteiger partial charge in [0.2, 0.25) is 0 Å². The molecule has 0 unspecified atom stereocenters. The fourth-order valence-corrected chi connectivity index (χ4v) is 1.70. The second-order valence-corrected chi connectivity index (χ2v) is 3.32. The molecule has 0 saturated heterocycles. The average molecular weight is 149 g/mol. The summed E-state index contributed by atoms with van der Waals surface area (Å²) in [6.07, 6.45) is 7.61. The van der Waals surface area contributed by atoms with Crippen molar-refractivity contribution >= 4 is 11.3 Å². The van der Waals surface area contributed by atoms with Crippen molar-refractivity contribution in [3.8, 4) is 12.3 Å². The number of hydrogen-bond acceptors (Lipinski definition) is 2. The molecule has 1 fully saturated rings. The van der Waals surface area contributed by atoms with E-state index in [0.717, 1.165) is 18.5 Å². The van der Waals surface area contributed by atoms with Crippen molar-refractivity contribution in [2.75, 3.05) is 0 Å². The van der Waals surface area contributed by atoms with E-state index < -0.39 is 0 Å². The zero-order valence-electron chi connectivity index (χ0n) is 5.50. The Kier molecular flexibility index (Phi) is 1.09. The first kappa shape index (κ1) is 5.94. The molecule has 2 rings (SSSR count). The summed E-state index contributed by atoms with van der Waals surface area (Å²) in [7, 11) is 0. The summed E-state index contributed by atoms with van der Waals surface area (Å²) in [6, 6.07) is 0. The standard InChI is InChI=1S/C8H7NS/c1-2-8(3-4-8)7-5-10-6-9-7/h1,5-6H,3-4H2. The second kappa shape index (κ2) is 1.83. The Morgan fingerprint density at radius 1 is 1.70 bits per heavy atom. The first-order chi connectivity index (χ1) is 4.87. The van der Waals surface area contributed by atoms with Crippen molar-refractivity contribution in [2.24, 2.45) is 0 Å². The minimum atomic E-state index is 0.0417. The molecule has 1 aromatic rings. The van der Waals surface area contributed by atoms with E-state index in [-0.39, 0.29) is 5.41 Å². The number of aromatic nitrogens is 1. The van der Waals surface area contributed by atoms with Crippen LogP contribution in [-0.2, 0) is 5.41 Å². The SMILES string of the molecule is C#CC1(c2cscn2)CC1. The van der Waals surface area contributed by atoms with E-state index in [9.17, 15) is 0 Å². The van der Waals surface area contributed by atoms with Crippen molar-refractivity contribution < 1.29 is 0 Å². The van der Waals surface area contributed by atoms with Gasteiger partial charge in [-0.1, -0.05) is 5.92 Å². The van der Waals surface area contributed by atoms with Gasteiger partial charge in [0.1, 0.15) is 0 Å². The lowest BCUT2D eigenvalue weighted by molar-refractivity contribution is 0.885. The molecule has 0 amide bonds. The molecule has 1 aliphatic rings. The molecule has 1 saturated carbocycles. The Morgan fingerprint density at radius 3 is 2.90 bits per heavy atom. The Balaban J connectivity index is 2.38. The highest BCUT2D eigenvalue weighted by atomic mass is 32.1. The molecule has 0 N–H and O–H groups in total. The highest BCUT2D eigenvalue weighted by molar-refractivity contribution is 7.07. The van der Waals surface area contributed by atoms with Crippen LogP contribution in [0.2, 0.25) is 0 Å². The molecule has 0 bridgehead atoms. The predicted octanol–water partition coefficient (Wildman–Crippen LogP) is 1.81. The minimum Gasteiger partial charge on any atom is -0.248 e. The number of terminal acetylenes is 1. The van der Waals surface area contributed by atoms with Crippen LogP contribution in [0.25, 0.3) is 0 Å². The zero-order valence-corrected chi connectivity index (χ0v) is 6.32. The normalized spacial score (nSPS) is 19.9. The third-order valence-electron chi connectivity index (χ3n) is 1.95. The van der Waals surface area contributed by atoms with Crippen LogP contribution in [0.4, 0.5) is 0 Å². The van der Waals surface area contributed by atoms with Crippen molar-refractivity contribution in [2.45, 2.75) is 18.3 Å². The summed E-state index contributed by atoms with van der Waals surface area (Å²) in [6.45, 7) is 0. The van der Waals surface area contributed by atoms with Crippen LogP contribution in [0.5, 0.6) is 0 Å². The van der Waals surface area contributed by atoms with Gasteiger partial charge in [-0.15, -0.1) is 17.8 Å². The fraction of sp³-hybridized carbons (Fsp3) is 0.375. The van der Waals surface area contributed by atoms with Gasteiger partial charge in [-0.3, -0.25) is 0 Å². The Morgan fingerprint density at radius 2 is 2.50 bits per heavy atom. The summed E-state index contributed by atoms with van der Waals surface area (Å²) in [5.74, 6) is 2.80. The number of thiazole rings is 1. The number of rotatable bonds is 1. The first-order valence-corrected chi connectivity index (χ1v) is 4.18. The van der Waals surface area contributed by atoms with Crippen molar-refractivity contribution in [1.29, 1.82) is 0 Å². The maximum absolute atomic E-state index is 5.37. The molecule has 50 valence electrons. The molecule has 0 aliphatic heterocycles. The van der Waals surface area contributed by atoms with Gasteiger partial charge in [0.15, 0.2) is 0 Å². The molecule has 1 aliphatic carbocycles. The van der Waals surface area contributed by atoms with E-state index in [4.69, 9.17) is 6.42 Å². The fourth-order valence-electron chi connectivity index (χ4n) is 1.05. The maximum Gasteiger partial charge on any atom is 0.0795 e. The molecule has 1 nitrogen and oxygen atoms in total. The first-order valence-electron chi connectivity index (χ1n) is 3.24. The average Bonchev–Trinajstić information content (AvgIpc) is 2.58. The van der Waals surface area contributed by atoms with Crippen molar-refractivity contribution in [1.82, 2.24) is 4.98 Å². The Bertz CT molecular complexity index is 264. The van der Waals surface area contributed by atoms with Gasteiger partial charge in [-0.2, -0.15) is 0 Å². The summed E-state index contributed by atoms with van der Waals surface area (Å²) >= 11 is 1.62. The lowest BCUT2D eigenvalue weighted by Crippen LogP contribution is -2.01. The third-order valence-corrected chi connectivity index (χ3v) is 2.54. The van der Waals surface area contributed by atoms with Gasteiger partial charge >= 0.3 is 0 Å². The lowest BCUT2D eigenvalue weighted by Gasteiger charge is -1.99. The summed E-state index contributed by atoms with van der Waals surface area (Å²) in [5, 5.41) is 2.05. The zero-order chi connectivity index (χ0) is 7.03. The number of nitrogens with zero attached hydrogens (tertiary/aromatic N) is 1. The van der Waals surface area contributed by atoms with Crippen LogP contribution in [0, 0.1) is 12.3 Å². The van der Waals surface area contributed by atoms with E-state index in [1.54, 1.807) is 11.3 Å². The van der Waals surface area contributed by atoms with Crippen LogP contribution in [-0.4, -0.2) is 4.98 Å². The molecule has 0 atom stereocenters. The van der Waals surface area contributed by atoms with E-state index in [1.807, 2.05) is 10.9 Å². The van der Waals surface area contributed by atoms with Crippen molar-refractivity contribution in [3.05, 3.63) is 16.6 Å². The molecular weight excluding hydrogens is 142 g/mol. The third kappa shape index (κ3) is 0.676. The molecule has 0 spiro atoms. The maximum atomic E-state index is 5.37. The van der Waals surface area contributed by atoms with Crippen LogP contribution in [0.3, 0.4) is 0 Å². The summed E-state index contributed by atoms with van der Waals surface area (Å²) in [5.41, 5.74) is 2.98. The van der Waals surface area contributed by atoms with E-state index in [0.29, 0.717) is 0 Å². The van der Waals surface area contributed by atoms with Gasteiger partial charge in [0.25, 0.3) is 0 Å². The van der Waals surface area contributed by atoms with Gasteiger partial charge < -0.3 is 0 Å². The quantitative estimate of drug-likeness (QED) is 0.555. The number of hydrogen-bond donors (Lipinski definition) is 0. The van der Waals surface area contributed by atoms with Crippen LogP contribution < -0.4 is 0 Å². The van der Waals surface area contributed by atoms with Crippen molar-refractivity contribution in [3.63, 3.8) is 0 Å². The second-order valence-electron chi connectivity index (χ2n) is 2.60. The summed E-state index contributed by atoms with van der Waals surface area (Å²) in [4.78, 5) is 4.20. The molecule has 2 heteroatoms. The van der Waals surface area contributed by atoms with Crippen LogP contribution in [0.15, 0.2) is 10.9 Å². The minimum absolute atomic E-state index is 0.0417. The van der Waals surface area contributed by atoms with Gasteiger partial charge in [-0.25, -0.2) is 4.98 Å². The Labute approximate surface area is 64.1 Å². The molecule has 10 heavy (non-hydrogen) atoms. The topological polar surface area (TPSA) is 12.9 Å². The van der Waals surface area contributed by atoms with Crippen LogP contribution in [0.1, 0.15) is 18.5 Å². The van der Waals surface area contributed by atoms with E-state index >= 15 is 0 Å². The van der Waals surface area contributed by atoms with Gasteiger partial charge in [0, 0.05) is 5.38 Å². The molecule has 0 aromatic carbocycles. The van der Waals surface area contributed by atoms with Gasteiger partial charge in [0.05, 0.1) is 16.6 Å². The largest absolute Gasteiger partial charge is 0.248 e. The highest BCUT2D eigenvalue weighted by Gasteiger charge is 2.44. The smallest absolute Gasteiger partial charge is 0.0795 e. The van der Waals surface area contributed by atoms with E-state index in [2.05, 4.69) is 10.9 Å². The van der Waals surface area contributed by atoms with E-state index in [1.165, 1.54) is 0 Å². The Hall–Kier alpha value is -0.810. The molecule has 0 radical (unpaired) electrons. The van der Waals surface area contributed by atoms with Crippen LogP contribution >= 0.6 is 11.3 Å². The predicted molar refractivity (Wildman–Crippen MR) is 41.9 cm³/mol. The van der Waals surface area contributed by atoms with Gasteiger partial charge in [-0.05, 0) is 12.8 Å². The highest BCUT2D eigenvalue weighted by Crippen LogP contribution is 2.46.